The molecule has 0 radical (unpaired) electrons. The van der Waals surface area contributed by atoms with Crippen molar-refractivity contribution in [2.45, 2.75) is 70.3 Å². The number of rotatable bonds is 5. The Morgan fingerprint density at radius 2 is 1.61 bits per heavy atom. The average Bonchev–Trinajstić information content (AvgIpc) is 3.62. The summed E-state index contributed by atoms with van der Waals surface area (Å²) in [6, 6.07) is 17.2. The number of carbonyl (C=O) groups is 1. The third-order valence-electron chi connectivity index (χ3n) is 8.39. The molecular formula is C34H38FN5O. The largest absolute Gasteiger partial charge is 0.371 e. The zero-order valence-corrected chi connectivity index (χ0v) is 23.8. The second kappa shape index (κ2) is 13.0. The number of nitriles is 1. The summed E-state index contributed by atoms with van der Waals surface area (Å²) in [5, 5.41) is 16.1. The molecule has 2 saturated carbocycles. The van der Waals surface area contributed by atoms with Crippen LogP contribution in [0.15, 0.2) is 60.9 Å². The fraction of sp³-hybridized carbons (Fsp3) is 0.441. The van der Waals surface area contributed by atoms with Crippen molar-refractivity contribution in [2.75, 3.05) is 18.0 Å². The van der Waals surface area contributed by atoms with Gasteiger partial charge in [-0.15, -0.1) is 11.8 Å². The minimum atomic E-state index is -0.478. The molecule has 1 amide bonds. The number of nitrogens with zero attached hydrogens (tertiary/aromatic N) is 4. The zero-order valence-electron chi connectivity index (χ0n) is 23.8. The Labute approximate surface area is 242 Å². The highest BCUT2D eigenvalue weighted by atomic mass is 19.1. The first-order valence-corrected chi connectivity index (χ1v) is 14.8. The number of benzene rings is 2. The summed E-state index contributed by atoms with van der Waals surface area (Å²) >= 11 is 0. The highest BCUT2D eigenvalue weighted by Crippen LogP contribution is 2.35. The van der Waals surface area contributed by atoms with Gasteiger partial charge in [-0.2, -0.15) is 10.4 Å². The summed E-state index contributed by atoms with van der Waals surface area (Å²) in [7, 11) is 0. The number of aromatic nitrogens is 2. The summed E-state index contributed by atoms with van der Waals surface area (Å²) in [5.74, 6) is 6.93. The predicted octanol–water partition coefficient (Wildman–Crippen LogP) is 6.66. The van der Waals surface area contributed by atoms with Crippen molar-refractivity contribution in [3.05, 3.63) is 66.7 Å². The molecule has 1 aliphatic heterocycles. The molecular weight excluding hydrogens is 513 g/mol. The van der Waals surface area contributed by atoms with E-state index in [0.29, 0.717) is 5.92 Å². The summed E-state index contributed by atoms with van der Waals surface area (Å²) in [6.07, 6.45) is 13.3. The van der Waals surface area contributed by atoms with Gasteiger partial charge in [0.05, 0.1) is 18.0 Å². The van der Waals surface area contributed by atoms with Crippen LogP contribution in [0.1, 0.15) is 64.7 Å². The van der Waals surface area contributed by atoms with Crippen LogP contribution >= 0.6 is 0 Å². The van der Waals surface area contributed by atoms with Crippen molar-refractivity contribution in [1.82, 2.24) is 15.1 Å². The number of carbonyl (C=O) groups excluding carboxylic acids is 1. The van der Waals surface area contributed by atoms with E-state index in [-0.39, 0.29) is 17.6 Å². The number of anilines is 1. The van der Waals surface area contributed by atoms with Gasteiger partial charge in [-0.3, -0.25) is 4.79 Å². The van der Waals surface area contributed by atoms with Crippen LogP contribution < -0.4 is 10.2 Å². The molecule has 6 nitrogen and oxygen atoms in total. The fourth-order valence-electron chi connectivity index (χ4n) is 5.65. The molecule has 3 aromatic rings. The maximum Gasteiger partial charge on any atom is 0.224 e. The lowest BCUT2D eigenvalue weighted by Gasteiger charge is -2.31. The number of piperidine rings is 1. The van der Waals surface area contributed by atoms with Gasteiger partial charge in [-0.25, -0.2) is 9.07 Å². The van der Waals surface area contributed by atoms with Gasteiger partial charge in [-0.05, 0) is 87.4 Å². The topological polar surface area (TPSA) is 74.0 Å². The third kappa shape index (κ3) is 7.35. The van der Waals surface area contributed by atoms with Gasteiger partial charge in [0.15, 0.2) is 0 Å². The van der Waals surface area contributed by atoms with E-state index >= 15 is 0 Å². The van der Waals surface area contributed by atoms with E-state index in [1.54, 1.807) is 16.8 Å². The maximum atomic E-state index is 13.1. The molecule has 2 heterocycles. The normalized spacial score (nSPS) is 18.2. The molecule has 0 spiro atoms. The monoisotopic (exact) mass is 551 g/mol. The molecule has 0 bridgehead atoms. The summed E-state index contributed by atoms with van der Waals surface area (Å²) in [5.41, 5.74) is 3.79. The van der Waals surface area contributed by atoms with Crippen molar-refractivity contribution in [3.63, 3.8) is 0 Å². The van der Waals surface area contributed by atoms with Crippen LogP contribution in [0.3, 0.4) is 0 Å². The van der Waals surface area contributed by atoms with Crippen LogP contribution in [0.2, 0.25) is 0 Å². The quantitative estimate of drug-likeness (QED) is 0.360. The first-order valence-electron chi connectivity index (χ1n) is 14.8. The molecule has 3 aliphatic rings. The van der Waals surface area contributed by atoms with Crippen molar-refractivity contribution >= 4 is 11.6 Å². The van der Waals surface area contributed by atoms with Crippen LogP contribution in [-0.4, -0.2) is 34.3 Å². The molecule has 2 aliphatic carbocycles. The third-order valence-corrected chi connectivity index (χ3v) is 8.39. The van der Waals surface area contributed by atoms with E-state index in [1.807, 2.05) is 19.3 Å². The average molecular weight is 552 g/mol. The van der Waals surface area contributed by atoms with Crippen molar-refractivity contribution < 1.29 is 9.18 Å². The minimum Gasteiger partial charge on any atom is -0.371 e. The number of hydrogen-bond donors (Lipinski definition) is 1. The lowest BCUT2D eigenvalue weighted by molar-refractivity contribution is -0.126. The molecule has 0 unspecified atom stereocenters. The Kier molecular flexibility index (Phi) is 9.04. The first-order chi connectivity index (χ1) is 20.0. The predicted molar refractivity (Wildman–Crippen MR) is 160 cm³/mol. The van der Waals surface area contributed by atoms with Gasteiger partial charge >= 0.3 is 0 Å². The number of hydrogen-bond acceptors (Lipinski definition) is 4. The number of amides is 1. The van der Waals surface area contributed by atoms with Crippen molar-refractivity contribution in [2.24, 2.45) is 11.8 Å². The summed E-state index contributed by atoms with van der Waals surface area (Å²) < 4.78 is 14.8. The molecule has 3 fully saturated rings. The Morgan fingerprint density at radius 1 is 0.951 bits per heavy atom. The van der Waals surface area contributed by atoms with E-state index in [1.165, 1.54) is 24.2 Å². The Bertz CT molecular complexity index is 1410. The van der Waals surface area contributed by atoms with E-state index < -0.39 is 5.54 Å². The minimum absolute atomic E-state index is 0.115. The van der Waals surface area contributed by atoms with E-state index in [9.17, 15) is 9.18 Å². The summed E-state index contributed by atoms with van der Waals surface area (Å²) in [6.45, 7) is 4.03. The molecule has 7 heteroatoms. The van der Waals surface area contributed by atoms with Crippen LogP contribution in [-0.2, 0) is 4.79 Å². The molecule has 6 rings (SSSR count). The molecule has 2 aromatic carbocycles. The summed E-state index contributed by atoms with van der Waals surface area (Å²) in [4.78, 5) is 14.2. The van der Waals surface area contributed by atoms with E-state index in [4.69, 9.17) is 5.26 Å². The van der Waals surface area contributed by atoms with Gasteiger partial charge in [0, 0.05) is 42.4 Å². The van der Waals surface area contributed by atoms with Crippen molar-refractivity contribution in [1.29, 1.82) is 5.26 Å². The fourth-order valence-corrected chi connectivity index (χ4v) is 5.65. The Hall–Kier alpha value is -4.10. The maximum absolute atomic E-state index is 13.1. The van der Waals surface area contributed by atoms with Gasteiger partial charge in [0.1, 0.15) is 11.4 Å². The van der Waals surface area contributed by atoms with Crippen LogP contribution in [0.5, 0.6) is 0 Å². The van der Waals surface area contributed by atoms with Crippen LogP contribution in [0.25, 0.3) is 16.8 Å². The van der Waals surface area contributed by atoms with Gasteiger partial charge in [0.2, 0.25) is 5.91 Å². The molecule has 212 valence electrons. The standard InChI is InChI=1S/C23H22FN3.C11H16N2O/c1-2-3-18-12-14-26(15-13-18)22-8-4-19(5-9-22)20-16-25-27(17-20)23-10-6-21(24)7-11-23;12-8-11(6-7-11)13-10(14)9-4-2-1-3-5-9/h4-11,16-18H,12-15H2,1H3;9H,1-7H2,(H,13,14). The first kappa shape index (κ1) is 28.4. The molecule has 1 saturated heterocycles. The second-order valence-electron chi connectivity index (χ2n) is 11.4. The number of nitrogens with one attached hydrogen (secondary N) is 1. The van der Waals surface area contributed by atoms with Crippen LogP contribution in [0.4, 0.5) is 10.1 Å². The van der Waals surface area contributed by atoms with Gasteiger partial charge in [-0.1, -0.05) is 31.4 Å². The lowest BCUT2D eigenvalue weighted by atomic mass is 9.88. The Morgan fingerprint density at radius 3 is 2.22 bits per heavy atom. The molecule has 1 N–H and O–H groups in total. The van der Waals surface area contributed by atoms with Gasteiger partial charge < -0.3 is 10.2 Å². The van der Waals surface area contributed by atoms with E-state index in [0.717, 1.165) is 81.3 Å². The number of halogens is 1. The highest BCUT2D eigenvalue weighted by Gasteiger charge is 2.45. The molecule has 1 aromatic heterocycles. The Balaban J connectivity index is 0.000000202. The second-order valence-corrected chi connectivity index (χ2v) is 11.4. The SMILES string of the molecule is CC#CC1CCN(c2ccc(-c3cnn(-c4ccc(F)cc4)c3)cc2)CC1.N#CC1(NC(=O)C2CCCCC2)CC1. The zero-order chi connectivity index (χ0) is 28.7. The van der Waals surface area contributed by atoms with E-state index in [2.05, 4.69) is 57.5 Å². The molecule has 41 heavy (non-hydrogen) atoms. The van der Waals surface area contributed by atoms with Crippen LogP contribution in [0, 0.1) is 40.8 Å². The lowest BCUT2D eigenvalue weighted by Crippen LogP contribution is -2.40. The van der Waals surface area contributed by atoms with Gasteiger partial charge in [0.25, 0.3) is 0 Å². The van der Waals surface area contributed by atoms with Crippen molar-refractivity contribution in [3.8, 4) is 34.7 Å². The highest BCUT2D eigenvalue weighted by molar-refractivity contribution is 5.80. The smallest absolute Gasteiger partial charge is 0.224 e. The molecule has 0 atom stereocenters.